The Balaban J connectivity index is 1.75. The molecule has 3 aromatic carbocycles. The SMILES string of the molecule is Cc1ccc(Sc2ccc3[nH]cc4c3c2C(=O)c2ccccc2-4)cc1. The van der Waals surface area contributed by atoms with Crippen molar-refractivity contribution < 1.29 is 4.79 Å². The third kappa shape index (κ3) is 2.16. The maximum atomic E-state index is 13.2. The Morgan fingerprint density at radius 1 is 0.840 bits per heavy atom. The number of rotatable bonds is 2. The van der Waals surface area contributed by atoms with E-state index in [-0.39, 0.29) is 5.78 Å². The Labute approximate surface area is 149 Å². The van der Waals surface area contributed by atoms with Crippen molar-refractivity contribution in [3.63, 3.8) is 0 Å². The minimum atomic E-state index is 0.114. The molecule has 0 unspecified atom stereocenters. The molecule has 0 aliphatic heterocycles. The molecule has 3 heteroatoms. The van der Waals surface area contributed by atoms with Gasteiger partial charge >= 0.3 is 0 Å². The van der Waals surface area contributed by atoms with Crippen LogP contribution in [0, 0.1) is 6.92 Å². The van der Waals surface area contributed by atoms with Gasteiger partial charge in [-0.15, -0.1) is 0 Å². The number of ketones is 1. The Morgan fingerprint density at radius 3 is 2.40 bits per heavy atom. The van der Waals surface area contributed by atoms with E-state index in [0.29, 0.717) is 0 Å². The lowest BCUT2D eigenvalue weighted by molar-refractivity contribution is 0.103. The van der Waals surface area contributed by atoms with Crippen molar-refractivity contribution >= 4 is 28.4 Å². The number of fused-ring (bicyclic) bond motifs is 2. The fraction of sp³-hybridized carbons (Fsp3) is 0.0455. The lowest BCUT2D eigenvalue weighted by Gasteiger charge is -2.18. The van der Waals surface area contributed by atoms with Gasteiger partial charge in [-0.05, 0) is 36.8 Å². The second-order valence-corrected chi connectivity index (χ2v) is 7.47. The zero-order valence-electron chi connectivity index (χ0n) is 13.7. The molecule has 5 rings (SSSR count). The summed E-state index contributed by atoms with van der Waals surface area (Å²) in [5, 5.41) is 1.04. The third-order valence-electron chi connectivity index (χ3n) is 4.75. The molecule has 0 radical (unpaired) electrons. The van der Waals surface area contributed by atoms with Crippen LogP contribution in [0.3, 0.4) is 0 Å². The van der Waals surface area contributed by atoms with Crippen LogP contribution in [0.5, 0.6) is 0 Å². The minimum Gasteiger partial charge on any atom is -0.361 e. The molecule has 0 amide bonds. The Bertz CT molecular complexity index is 1140. The minimum absolute atomic E-state index is 0.114. The standard InChI is InChI=1S/C22H15NOS/c1-13-6-8-14(9-7-13)25-19-11-10-18-20-17(12-23-18)15-4-2-3-5-16(15)22(24)21(19)20/h2-12,23H,1H3. The highest BCUT2D eigenvalue weighted by molar-refractivity contribution is 7.99. The molecule has 1 heterocycles. The van der Waals surface area contributed by atoms with Gasteiger partial charge in [0, 0.05) is 43.6 Å². The van der Waals surface area contributed by atoms with Crippen molar-refractivity contribution in [2.75, 3.05) is 0 Å². The summed E-state index contributed by atoms with van der Waals surface area (Å²) in [5.41, 5.74) is 5.99. The number of carbonyl (C=O) groups is 1. The Hall–Kier alpha value is -2.78. The van der Waals surface area contributed by atoms with E-state index in [2.05, 4.69) is 42.2 Å². The van der Waals surface area contributed by atoms with Gasteiger partial charge in [0.05, 0.1) is 0 Å². The van der Waals surface area contributed by atoms with Gasteiger partial charge in [-0.2, -0.15) is 0 Å². The number of aromatic amines is 1. The van der Waals surface area contributed by atoms with E-state index < -0.39 is 0 Å². The molecule has 0 saturated heterocycles. The van der Waals surface area contributed by atoms with E-state index in [4.69, 9.17) is 0 Å². The fourth-order valence-electron chi connectivity index (χ4n) is 3.51. The zero-order chi connectivity index (χ0) is 17.0. The summed E-state index contributed by atoms with van der Waals surface area (Å²) in [7, 11) is 0. The fourth-order valence-corrected chi connectivity index (χ4v) is 4.47. The van der Waals surface area contributed by atoms with Gasteiger partial charge in [-0.1, -0.05) is 53.7 Å². The molecule has 4 aromatic rings. The molecule has 2 nitrogen and oxygen atoms in total. The van der Waals surface area contributed by atoms with Crippen molar-refractivity contribution in [2.24, 2.45) is 0 Å². The molecular formula is C22H15NOS. The van der Waals surface area contributed by atoms with Crippen LogP contribution in [0.15, 0.2) is 76.7 Å². The number of nitrogens with one attached hydrogen (secondary N) is 1. The maximum Gasteiger partial charge on any atom is 0.195 e. The average molecular weight is 341 g/mol. The smallest absolute Gasteiger partial charge is 0.195 e. The molecule has 120 valence electrons. The predicted octanol–water partition coefficient (Wildman–Crippen LogP) is 5.84. The van der Waals surface area contributed by atoms with Crippen LogP contribution in [0.4, 0.5) is 0 Å². The van der Waals surface area contributed by atoms with Crippen LogP contribution in [0.25, 0.3) is 22.0 Å². The highest BCUT2D eigenvalue weighted by Crippen LogP contribution is 2.44. The first-order valence-corrected chi connectivity index (χ1v) is 9.07. The van der Waals surface area contributed by atoms with Gasteiger partial charge < -0.3 is 4.98 Å². The molecule has 0 spiro atoms. The van der Waals surface area contributed by atoms with E-state index >= 15 is 0 Å². The molecule has 1 aliphatic rings. The molecule has 0 atom stereocenters. The highest BCUT2D eigenvalue weighted by Gasteiger charge is 2.28. The van der Waals surface area contributed by atoms with E-state index in [1.54, 1.807) is 11.8 Å². The van der Waals surface area contributed by atoms with Gasteiger partial charge in [0.15, 0.2) is 5.78 Å². The van der Waals surface area contributed by atoms with Crippen molar-refractivity contribution in [3.8, 4) is 11.1 Å². The van der Waals surface area contributed by atoms with Crippen LogP contribution < -0.4 is 0 Å². The first-order valence-electron chi connectivity index (χ1n) is 8.25. The number of carbonyl (C=O) groups excluding carboxylic acids is 1. The van der Waals surface area contributed by atoms with Crippen molar-refractivity contribution in [2.45, 2.75) is 16.7 Å². The summed E-state index contributed by atoms with van der Waals surface area (Å²) in [4.78, 5) is 18.7. The van der Waals surface area contributed by atoms with Gasteiger partial charge in [-0.25, -0.2) is 0 Å². The lowest BCUT2D eigenvalue weighted by atomic mass is 9.86. The molecule has 0 bridgehead atoms. The predicted molar refractivity (Wildman–Crippen MR) is 102 cm³/mol. The van der Waals surface area contributed by atoms with Crippen LogP contribution >= 0.6 is 11.8 Å². The summed E-state index contributed by atoms with van der Waals surface area (Å²) in [5.74, 6) is 0.114. The normalized spacial score (nSPS) is 12.4. The maximum absolute atomic E-state index is 13.2. The van der Waals surface area contributed by atoms with Crippen LogP contribution in [0.2, 0.25) is 0 Å². The van der Waals surface area contributed by atoms with Gasteiger partial charge in [0.1, 0.15) is 0 Å². The number of H-pyrrole nitrogens is 1. The summed E-state index contributed by atoms with van der Waals surface area (Å²) >= 11 is 1.65. The second kappa shape index (κ2) is 5.36. The van der Waals surface area contributed by atoms with E-state index in [9.17, 15) is 4.79 Å². The number of hydrogen-bond acceptors (Lipinski definition) is 2. The number of benzene rings is 3. The quantitative estimate of drug-likeness (QED) is 0.437. The lowest BCUT2D eigenvalue weighted by Crippen LogP contribution is -2.10. The summed E-state index contributed by atoms with van der Waals surface area (Å²) < 4.78 is 0. The number of aryl methyl sites for hydroxylation is 1. The van der Waals surface area contributed by atoms with E-state index in [1.165, 1.54) is 5.56 Å². The number of aromatic nitrogens is 1. The summed E-state index contributed by atoms with van der Waals surface area (Å²) in [6, 6.07) is 20.4. The Morgan fingerprint density at radius 2 is 1.60 bits per heavy atom. The molecule has 0 saturated carbocycles. The highest BCUT2D eigenvalue weighted by atomic mass is 32.2. The van der Waals surface area contributed by atoms with Crippen LogP contribution in [0.1, 0.15) is 21.5 Å². The van der Waals surface area contributed by atoms with Gasteiger partial charge in [-0.3, -0.25) is 4.79 Å². The van der Waals surface area contributed by atoms with Crippen molar-refractivity contribution in [1.29, 1.82) is 0 Å². The van der Waals surface area contributed by atoms with Crippen molar-refractivity contribution in [1.82, 2.24) is 4.98 Å². The monoisotopic (exact) mass is 341 g/mol. The van der Waals surface area contributed by atoms with Crippen LogP contribution in [-0.2, 0) is 0 Å². The summed E-state index contributed by atoms with van der Waals surface area (Å²) in [6.45, 7) is 2.08. The molecule has 25 heavy (non-hydrogen) atoms. The molecule has 1 aromatic heterocycles. The summed E-state index contributed by atoms with van der Waals surface area (Å²) in [6.07, 6.45) is 2.01. The van der Waals surface area contributed by atoms with E-state index in [0.717, 1.165) is 42.9 Å². The molecule has 1 aliphatic carbocycles. The first kappa shape index (κ1) is 14.6. The second-order valence-electron chi connectivity index (χ2n) is 6.35. The first-order chi connectivity index (χ1) is 12.2. The van der Waals surface area contributed by atoms with Crippen molar-refractivity contribution in [3.05, 3.63) is 83.6 Å². The molecular weight excluding hydrogens is 326 g/mol. The topological polar surface area (TPSA) is 32.9 Å². The van der Waals surface area contributed by atoms with Gasteiger partial charge in [0.2, 0.25) is 0 Å². The number of hydrogen-bond donors (Lipinski definition) is 1. The van der Waals surface area contributed by atoms with Gasteiger partial charge in [0.25, 0.3) is 0 Å². The zero-order valence-corrected chi connectivity index (χ0v) is 14.5. The Kier molecular flexibility index (Phi) is 3.12. The van der Waals surface area contributed by atoms with Crippen LogP contribution in [-0.4, -0.2) is 10.8 Å². The van der Waals surface area contributed by atoms with E-state index in [1.807, 2.05) is 36.5 Å². The molecule has 0 fully saturated rings. The largest absolute Gasteiger partial charge is 0.361 e. The average Bonchev–Trinajstić information content (AvgIpc) is 3.07. The third-order valence-corrected chi connectivity index (χ3v) is 5.81. The molecule has 1 N–H and O–H groups in total.